The maximum Gasteiger partial charge on any atom is 0.179 e. The van der Waals surface area contributed by atoms with E-state index in [2.05, 4.69) is 11.9 Å². The molecule has 0 N–H and O–H groups in total. The molecule has 0 bridgehead atoms. The molecule has 1 aliphatic heterocycles. The molecule has 0 spiro atoms. The van der Waals surface area contributed by atoms with Crippen LogP contribution in [0.1, 0.15) is 23.7 Å². The quantitative estimate of drug-likeness (QED) is 0.800. The number of thioether (sulfide) groups is 2. The summed E-state index contributed by atoms with van der Waals surface area (Å²) in [5.41, 5.74) is 1.62. The predicted molar refractivity (Wildman–Crippen MR) is 88.9 cm³/mol. The van der Waals surface area contributed by atoms with Gasteiger partial charge in [-0.15, -0.1) is 11.8 Å². The Bertz CT molecular complexity index is 623. The Morgan fingerprint density at radius 1 is 1.25 bits per heavy atom. The molecule has 4 heteroatoms. The first-order chi connectivity index (χ1) is 9.81. The van der Waals surface area contributed by atoms with Gasteiger partial charge in [0.25, 0.3) is 0 Å². The summed E-state index contributed by atoms with van der Waals surface area (Å²) in [6, 6.07) is 9.82. The predicted octanol–water partition coefficient (Wildman–Crippen LogP) is 4.04. The fourth-order valence-electron chi connectivity index (χ4n) is 2.60. The Hall–Kier alpha value is -1.00. The van der Waals surface area contributed by atoms with E-state index in [1.54, 1.807) is 6.20 Å². The highest BCUT2D eigenvalue weighted by atomic mass is 32.2. The van der Waals surface area contributed by atoms with Crippen LogP contribution in [-0.4, -0.2) is 32.8 Å². The lowest BCUT2D eigenvalue weighted by Crippen LogP contribution is -2.33. The number of Topliss-reactive ketones (excluding diaryl/α,β-unsaturated/α-hetero) is 1. The number of pyridine rings is 1. The number of benzene rings is 1. The summed E-state index contributed by atoms with van der Waals surface area (Å²) < 4.78 is 0. The highest BCUT2D eigenvalue weighted by Crippen LogP contribution is 2.36. The summed E-state index contributed by atoms with van der Waals surface area (Å²) in [5.74, 6) is 2.47. The fraction of sp³-hybridized carbons (Fsp3) is 0.375. The average molecular weight is 303 g/mol. The molecule has 2 unspecified atom stereocenters. The number of para-hydroxylation sites is 1. The molecule has 1 aliphatic rings. The maximum atomic E-state index is 12.9. The minimum atomic E-state index is 0.0753. The smallest absolute Gasteiger partial charge is 0.179 e. The third kappa shape index (κ3) is 2.59. The largest absolute Gasteiger partial charge is 0.293 e. The highest BCUT2D eigenvalue weighted by Gasteiger charge is 2.32. The van der Waals surface area contributed by atoms with Crippen LogP contribution in [0.5, 0.6) is 0 Å². The number of ketones is 1. The molecule has 0 saturated carbocycles. The Labute approximate surface area is 127 Å². The number of fused-ring (bicyclic) bond motifs is 1. The third-order valence-electron chi connectivity index (χ3n) is 3.61. The minimum absolute atomic E-state index is 0.0753. The van der Waals surface area contributed by atoms with Crippen LogP contribution in [-0.2, 0) is 0 Å². The van der Waals surface area contributed by atoms with E-state index in [0.717, 1.165) is 34.4 Å². The molecule has 1 fully saturated rings. The number of hydrogen-bond donors (Lipinski definition) is 0. The molecule has 0 aliphatic carbocycles. The fourth-order valence-corrected chi connectivity index (χ4v) is 5.62. The molecule has 20 heavy (non-hydrogen) atoms. The number of rotatable bonds is 3. The van der Waals surface area contributed by atoms with Gasteiger partial charge in [0, 0.05) is 33.9 Å². The van der Waals surface area contributed by atoms with Crippen LogP contribution in [0, 0.1) is 0 Å². The van der Waals surface area contributed by atoms with Crippen LogP contribution < -0.4 is 0 Å². The Kier molecular flexibility index (Phi) is 4.32. The third-order valence-corrected chi connectivity index (χ3v) is 6.86. The Morgan fingerprint density at radius 3 is 2.90 bits per heavy atom. The van der Waals surface area contributed by atoms with Crippen molar-refractivity contribution in [2.24, 2.45) is 0 Å². The van der Waals surface area contributed by atoms with Crippen molar-refractivity contribution in [1.82, 2.24) is 4.98 Å². The molecule has 1 saturated heterocycles. The lowest BCUT2D eigenvalue weighted by atomic mass is 10.0. The van der Waals surface area contributed by atoms with Crippen molar-refractivity contribution in [3.8, 4) is 0 Å². The molecular weight excluding hydrogens is 286 g/mol. The van der Waals surface area contributed by atoms with Gasteiger partial charge >= 0.3 is 0 Å². The molecule has 3 rings (SSSR count). The number of carbonyl (C=O) groups is 1. The van der Waals surface area contributed by atoms with E-state index in [-0.39, 0.29) is 11.0 Å². The number of hydrogen-bond acceptors (Lipinski definition) is 4. The molecule has 2 aromatic rings. The lowest BCUT2D eigenvalue weighted by Gasteiger charge is -2.28. The molecule has 1 aromatic carbocycles. The van der Waals surface area contributed by atoms with Crippen LogP contribution in [0.2, 0.25) is 0 Å². The summed E-state index contributed by atoms with van der Waals surface area (Å²) >= 11 is 3.75. The van der Waals surface area contributed by atoms with Gasteiger partial charge in [0.15, 0.2) is 5.78 Å². The van der Waals surface area contributed by atoms with Crippen molar-refractivity contribution in [1.29, 1.82) is 0 Å². The van der Waals surface area contributed by atoms with E-state index in [4.69, 9.17) is 0 Å². The summed E-state index contributed by atoms with van der Waals surface area (Å²) in [6.07, 6.45) is 2.81. The molecule has 0 radical (unpaired) electrons. The highest BCUT2D eigenvalue weighted by molar-refractivity contribution is 8.07. The number of carbonyl (C=O) groups excluding carboxylic acids is 1. The van der Waals surface area contributed by atoms with Gasteiger partial charge in [-0.1, -0.05) is 25.1 Å². The molecule has 1 aromatic heterocycles. The molecule has 2 heterocycles. The molecule has 0 amide bonds. The van der Waals surface area contributed by atoms with E-state index >= 15 is 0 Å². The SMILES string of the molecule is CCC1SCCSC1C(=O)c1cccc2cccnc12. The van der Waals surface area contributed by atoms with E-state index < -0.39 is 0 Å². The van der Waals surface area contributed by atoms with E-state index in [1.807, 2.05) is 53.9 Å². The number of nitrogens with zero attached hydrogens (tertiary/aromatic N) is 1. The van der Waals surface area contributed by atoms with Crippen LogP contribution in [0.15, 0.2) is 36.5 Å². The second-order valence-corrected chi connectivity index (χ2v) is 7.45. The molecule has 2 nitrogen and oxygen atoms in total. The first-order valence-corrected chi connectivity index (χ1v) is 9.02. The van der Waals surface area contributed by atoms with Crippen molar-refractivity contribution >= 4 is 40.2 Å². The van der Waals surface area contributed by atoms with Gasteiger partial charge in [0.2, 0.25) is 0 Å². The van der Waals surface area contributed by atoms with Gasteiger partial charge in [0.1, 0.15) is 0 Å². The summed E-state index contributed by atoms with van der Waals surface area (Å²) in [7, 11) is 0. The normalized spacial score (nSPS) is 22.9. The molecular formula is C16H17NOS2. The van der Waals surface area contributed by atoms with Gasteiger partial charge in [-0.05, 0) is 18.6 Å². The summed E-state index contributed by atoms with van der Waals surface area (Å²) in [6.45, 7) is 2.17. The van der Waals surface area contributed by atoms with Crippen LogP contribution >= 0.6 is 23.5 Å². The lowest BCUT2D eigenvalue weighted by molar-refractivity contribution is 0.0989. The topological polar surface area (TPSA) is 30.0 Å². The van der Waals surface area contributed by atoms with Crippen molar-refractivity contribution in [3.05, 3.63) is 42.1 Å². The van der Waals surface area contributed by atoms with Crippen LogP contribution in [0.25, 0.3) is 10.9 Å². The van der Waals surface area contributed by atoms with Gasteiger partial charge in [-0.25, -0.2) is 0 Å². The zero-order valence-corrected chi connectivity index (χ0v) is 13.0. The monoisotopic (exact) mass is 303 g/mol. The van der Waals surface area contributed by atoms with Crippen molar-refractivity contribution in [2.45, 2.75) is 23.8 Å². The second-order valence-electron chi connectivity index (χ2n) is 4.85. The summed E-state index contributed by atoms with van der Waals surface area (Å²) in [4.78, 5) is 17.3. The van der Waals surface area contributed by atoms with Crippen molar-refractivity contribution < 1.29 is 4.79 Å². The van der Waals surface area contributed by atoms with E-state index in [1.165, 1.54) is 0 Å². The van der Waals surface area contributed by atoms with Gasteiger partial charge in [-0.3, -0.25) is 9.78 Å². The van der Waals surface area contributed by atoms with Gasteiger partial charge < -0.3 is 0 Å². The first-order valence-electron chi connectivity index (χ1n) is 6.92. The standard InChI is InChI=1S/C16H17NOS2/c1-2-13-16(20-10-9-19-13)15(18)12-7-3-5-11-6-4-8-17-14(11)12/h3-8,13,16H,2,9-10H2,1H3. The zero-order valence-electron chi connectivity index (χ0n) is 11.4. The Balaban J connectivity index is 1.99. The zero-order chi connectivity index (χ0) is 13.9. The van der Waals surface area contributed by atoms with E-state index in [0.29, 0.717) is 5.25 Å². The van der Waals surface area contributed by atoms with E-state index in [9.17, 15) is 4.79 Å². The van der Waals surface area contributed by atoms with Crippen LogP contribution in [0.3, 0.4) is 0 Å². The summed E-state index contributed by atoms with van der Waals surface area (Å²) in [5, 5.41) is 1.55. The molecule has 104 valence electrons. The second kappa shape index (κ2) is 6.19. The number of aromatic nitrogens is 1. The van der Waals surface area contributed by atoms with Gasteiger partial charge in [0.05, 0.1) is 10.8 Å². The Morgan fingerprint density at radius 2 is 2.05 bits per heavy atom. The average Bonchev–Trinajstić information content (AvgIpc) is 2.53. The van der Waals surface area contributed by atoms with Crippen LogP contribution in [0.4, 0.5) is 0 Å². The van der Waals surface area contributed by atoms with Gasteiger partial charge in [-0.2, -0.15) is 11.8 Å². The minimum Gasteiger partial charge on any atom is -0.293 e. The van der Waals surface area contributed by atoms with Crippen molar-refractivity contribution in [2.75, 3.05) is 11.5 Å². The molecule has 2 atom stereocenters. The van der Waals surface area contributed by atoms with Crippen molar-refractivity contribution in [3.63, 3.8) is 0 Å². The maximum absolute atomic E-state index is 12.9. The first kappa shape index (κ1) is 14.0.